The predicted octanol–water partition coefficient (Wildman–Crippen LogP) is 2.76. The summed E-state index contributed by atoms with van der Waals surface area (Å²) in [6.45, 7) is 1.76. The van der Waals surface area contributed by atoms with Gasteiger partial charge in [0, 0.05) is 15.9 Å². The van der Waals surface area contributed by atoms with Crippen molar-refractivity contribution in [2.75, 3.05) is 0 Å². The molecule has 1 aromatic heterocycles. The Morgan fingerprint density at radius 2 is 2.50 bits per heavy atom. The molecule has 0 atom stereocenters. The molecule has 1 rings (SSSR count). The molecule has 0 aliphatic rings. The zero-order valence-electron chi connectivity index (χ0n) is 6.52. The molecule has 0 aromatic carbocycles. The number of hydrogen-bond acceptors (Lipinski definition) is 3. The topological polar surface area (TPSA) is 65.8 Å². The minimum Gasteiger partial charge on any atom is -0.294 e. The average molecular weight is 181 g/mol. The van der Waals surface area contributed by atoms with Crippen LogP contribution in [0.3, 0.4) is 0 Å². The minimum absolute atomic E-state index is 0.0133. The smallest absolute Gasteiger partial charge is 0.160 e. The number of hydrogen-bond donors (Lipinski definition) is 0. The van der Waals surface area contributed by atoms with E-state index in [2.05, 4.69) is 10.0 Å². The molecule has 0 spiro atoms. The number of ketones is 1. The Morgan fingerprint density at radius 3 is 3.08 bits per heavy atom. The van der Waals surface area contributed by atoms with E-state index in [0.717, 1.165) is 5.56 Å². The first kappa shape index (κ1) is 8.77. The van der Waals surface area contributed by atoms with E-state index in [1.54, 1.807) is 5.38 Å². The third kappa shape index (κ3) is 1.84. The number of rotatable bonds is 3. The summed E-state index contributed by atoms with van der Waals surface area (Å²) in [6.07, 6.45) is 0. The second kappa shape index (κ2) is 3.90. The van der Waals surface area contributed by atoms with Crippen molar-refractivity contribution >= 4 is 17.1 Å². The number of azide groups is 1. The zero-order valence-corrected chi connectivity index (χ0v) is 7.34. The van der Waals surface area contributed by atoms with Crippen LogP contribution < -0.4 is 0 Å². The van der Waals surface area contributed by atoms with Crippen LogP contribution in [0.1, 0.15) is 22.8 Å². The molecule has 0 aliphatic heterocycles. The van der Waals surface area contributed by atoms with Gasteiger partial charge in [0.05, 0.1) is 6.54 Å². The molecule has 0 bridgehead atoms. The number of carbonyl (C=O) groups excluding carboxylic acids is 1. The van der Waals surface area contributed by atoms with Gasteiger partial charge in [-0.1, -0.05) is 5.11 Å². The lowest BCUT2D eigenvalue weighted by Crippen LogP contribution is -1.93. The van der Waals surface area contributed by atoms with Crippen molar-refractivity contribution in [3.63, 3.8) is 0 Å². The van der Waals surface area contributed by atoms with E-state index < -0.39 is 0 Å². The highest BCUT2D eigenvalue weighted by atomic mass is 32.1. The Hall–Kier alpha value is -1.32. The van der Waals surface area contributed by atoms with Crippen LogP contribution in [0.25, 0.3) is 10.4 Å². The Bertz CT molecular complexity index is 338. The van der Waals surface area contributed by atoms with Crippen LogP contribution in [0.5, 0.6) is 0 Å². The van der Waals surface area contributed by atoms with E-state index in [1.165, 1.54) is 18.3 Å². The van der Waals surface area contributed by atoms with Gasteiger partial charge in [0.25, 0.3) is 0 Å². The van der Waals surface area contributed by atoms with Crippen LogP contribution in [0, 0.1) is 0 Å². The molecule has 0 aliphatic carbocycles. The van der Waals surface area contributed by atoms with Gasteiger partial charge >= 0.3 is 0 Å². The minimum atomic E-state index is 0.0133. The van der Waals surface area contributed by atoms with Crippen molar-refractivity contribution in [3.8, 4) is 0 Å². The summed E-state index contributed by atoms with van der Waals surface area (Å²) in [5, 5.41) is 6.99. The Kier molecular flexibility index (Phi) is 2.85. The molecule has 0 N–H and O–H groups in total. The second-order valence-electron chi connectivity index (χ2n) is 2.26. The summed E-state index contributed by atoms with van der Waals surface area (Å²) in [5.74, 6) is 0.0133. The fourth-order valence-electron chi connectivity index (χ4n) is 0.863. The fourth-order valence-corrected chi connectivity index (χ4v) is 1.75. The molecule has 1 aromatic rings. The molecule has 0 saturated heterocycles. The normalized spacial score (nSPS) is 9.08. The summed E-state index contributed by atoms with van der Waals surface area (Å²) >= 11 is 1.44. The summed E-state index contributed by atoms with van der Waals surface area (Å²) in [4.78, 5) is 13.6. The average Bonchev–Trinajstić information content (AvgIpc) is 2.48. The van der Waals surface area contributed by atoms with E-state index in [1.807, 2.05) is 5.38 Å². The van der Waals surface area contributed by atoms with Crippen LogP contribution in [0.4, 0.5) is 0 Å². The maximum absolute atomic E-state index is 11.0. The van der Waals surface area contributed by atoms with Gasteiger partial charge in [-0.05, 0) is 23.4 Å². The van der Waals surface area contributed by atoms with Crippen molar-refractivity contribution < 1.29 is 4.79 Å². The standard InChI is InChI=1S/C7H7N3OS/c1-5(11)7-4-12-3-6(7)2-9-10-8/h3-4H,2H2,1H3. The molecule has 12 heavy (non-hydrogen) atoms. The first-order valence-corrected chi connectivity index (χ1v) is 4.27. The zero-order chi connectivity index (χ0) is 8.97. The van der Waals surface area contributed by atoms with Gasteiger partial charge in [-0.25, -0.2) is 0 Å². The monoisotopic (exact) mass is 181 g/mol. The van der Waals surface area contributed by atoms with Gasteiger partial charge in [0.1, 0.15) is 0 Å². The Morgan fingerprint density at radius 1 is 1.75 bits per heavy atom. The number of thiophene rings is 1. The first-order valence-electron chi connectivity index (χ1n) is 3.32. The van der Waals surface area contributed by atoms with E-state index >= 15 is 0 Å². The van der Waals surface area contributed by atoms with Gasteiger partial charge in [-0.3, -0.25) is 4.79 Å². The van der Waals surface area contributed by atoms with Crippen molar-refractivity contribution in [3.05, 3.63) is 32.3 Å². The molecule has 0 amide bonds. The molecule has 0 saturated carbocycles. The third-order valence-electron chi connectivity index (χ3n) is 1.43. The highest BCUT2D eigenvalue weighted by molar-refractivity contribution is 7.08. The van der Waals surface area contributed by atoms with Crippen molar-refractivity contribution in [1.82, 2.24) is 0 Å². The lowest BCUT2D eigenvalue weighted by atomic mass is 10.1. The van der Waals surface area contributed by atoms with Gasteiger partial charge in [-0.15, -0.1) is 0 Å². The predicted molar refractivity (Wildman–Crippen MR) is 47.2 cm³/mol. The number of carbonyl (C=O) groups is 1. The number of nitrogens with zero attached hydrogens (tertiary/aromatic N) is 3. The van der Waals surface area contributed by atoms with Gasteiger partial charge in [-0.2, -0.15) is 11.3 Å². The van der Waals surface area contributed by atoms with Crippen molar-refractivity contribution in [2.45, 2.75) is 13.5 Å². The van der Waals surface area contributed by atoms with E-state index in [9.17, 15) is 4.79 Å². The molecular weight excluding hydrogens is 174 g/mol. The van der Waals surface area contributed by atoms with Crippen LogP contribution in [-0.2, 0) is 6.54 Å². The van der Waals surface area contributed by atoms with Crippen molar-refractivity contribution in [2.24, 2.45) is 5.11 Å². The molecule has 62 valence electrons. The molecule has 0 radical (unpaired) electrons. The summed E-state index contributed by atoms with van der Waals surface area (Å²) in [7, 11) is 0. The summed E-state index contributed by atoms with van der Waals surface area (Å²) < 4.78 is 0. The molecule has 0 unspecified atom stereocenters. The summed E-state index contributed by atoms with van der Waals surface area (Å²) in [6, 6.07) is 0. The molecule has 0 fully saturated rings. The molecule has 4 nitrogen and oxygen atoms in total. The van der Waals surface area contributed by atoms with Crippen molar-refractivity contribution in [1.29, 1.82) is 0 Å². The Labute approximate surface area is 73.5 Å². The highest BCUT2D eigenvalue weighted by Gasteiger charge is 2.06. The third-order valence-corrected chi connectivity index (χ3v) is 2.22. The van der Waals surface area contributed by atoms with E-state index in [4.69, 9.17) is 5.53 Å². The van der Waals surface area contributed by atoms with Crippen LogP contribution in [-0.4, -0.2) is 5.78 Å². The quantitative estimate of drug-likeness (QED) is 0.306. The molecular formula is C7H7N3OS. The second-order valence-corrected chi connectivity index (χ2v) is 3.00. The van der Waals surface area contributed by atoms with E-state index in [-0.39, 0.29) is 12.3 Å². The molecule has 1 heterocycles. The lowest BCUT2D eigenvalue weighted by Gasteiger charge is -1.93. The maximum atomic E-state index is 11.0. The highest BCUT2D eigenvalue weighted by Crippen LogP contribution is 2.16. The number of Topliss-reactive ketones (excluding diaryl/α,β-unsaturated/α-hetero) is 1. The van der Waals surface area contributed by atoms with Crippen LogP contribution in [0.15, 0.2) is 15.9 Å². The molecule has 5 heteroatoms. The maximum Gasteiger partial charge on any atom is 0.160 e. The van der Waals surface area contributed by atoms with Crippen LogP contribution in [0.2, 0.25) is 0 Å². The van der Waals surface area contributed by atoms with Gasteiger partial charge in [0.2, 0.25) is 0 Å². The van der Waals surface area contributed by atoms with Crippen LogP contribution >= 0.6 is 11.3 Å². The fraction of sp³-hybridized carbons (Fsp3) is 0.286. The van der Waals surface area contributed by atoms with Gasteiger partial charge < -0.3 is 0 Å². The SMILES string of the molecule is CC(=O)c1cscc1CN=[N+]=[N-]. The lowest BCUT2D eigenvalue weighted by molar-refractivity contribution is 0.101. The first-order chi connectivity index (χ1) is 5.75. The largest absolute Gasteiger partial charge is 0.294 e. The van der Waals surface area contributed by atoms with Gasteiger partial charge in [0.15, 0.2) is 5.78 Å². The summed E-state index contributed by atoms with van der Waals surface area (Å²) in [5.41, 5.74) is 9.54. The Balaban J connectivity index is 2.91. The van der Waals surface area contributed by atoms with E-state index in [0.29, 0.717) is 5.56 Å².